The van der Waals surface area contributed by atoms with E-state index < -0.39 is 0 Å². The van der Waals surface area contributed by atoms with Gasteiger partial charge in [0.05, 0.1) is 18.6 Å². The van der Waals surface area contributed by atoms with Gasteiger partial charge in [0, 0.05) is 36.4 Å². The second-order valence-electron chi connectivity index (χ2n) is 8.81. The summed E-state index contributed by atoms with van der Waals surface area (Å²) in [5.74, 6) is 1.48. The molecule has 6 nitrogen and oxygen atoms in total. The van der Waals surface area contributed by atoms with Crippen molar-refractivity contribution in [2.24, 2.45) is 0 Å². The van der Waals surface area contributed by atoms with Gasteiger partial charge >= 0.3 is 0 Å². The Balaban J connectivity index is 1.43. The van der Waals surface area contributed by atoms with E-state index >= 15 is 0 Å². The lowest BCUT2D eigenvalue weighted by Gasteiger charge is -2.34. The molecule has 0 radical (unpaired) electrons. The van der Waals surface area contributed by atoms with E-state index in [1.54, 1.807) is 7.11 Å². The number of ether oxygens (including phenoxy) is 1. The Morgan fingerprint density at radius 3 is 2.37 bits per heavy atom. The van der Waals surface area contributed by atoms with Gasteiger partial charge in [0.25, 0.3) is 0 Å². The van der Waals surface area contributed by atoms with Crippen molar-refractivity contribution in [2.75, 3.05) is 31.6 Å². The number of anilines is 1. The van der Waals surface area contributed by atoms with Crippen LogP contribution in [0.1, 0.15) is 39.2 Å². The lowest BCUT2D eigenvalue weighted by atomic mass is 10.0. The van der Waals surface area contributed by atoms with Crippen molar-refractivity contribution in [3.63, 3.8) is 0 Å². The zero-order valence-corrected chi connectivity index (χ0v) is 19.1. The fourth-order valence-electron chi connectivity index (χ4n) is 3.80. The van der Waals surface area contributed by atoms with Crippen molar-refractivity contribution in [3.8, 4) is 5.88 Å². The summed E-state index contributed by atoms with van der Waals surface area (Å²) in [5, 5.41) is 12.3. The average molecular weight is 426 g/mol. The number of hydrogen-bond donors (Lipinski definition) is 1. The van der Waals surface area contributed by atoms with Gasteiger partial charge in [0.1, 0.15) is 0 Å². The Bertz CT molecular complexity index is 871. The summed E-state index contributed by atoms with van der Waals surface area (Å²) in [5.41, 5.74) is 2.76. The Morgan fingerprint density at radius 2 is 1.77 bits per heavy atom. The second kappa shape index (κ2) is 8.86. The molecular weight excluding hydrogens is 394 g/mol. The molecule has 1 aromatic carbocycles. The maximum absolute atomic E-state index is 5.11. The SMILES string of the molecule is COc1ccc(N2CCC(NC3=C(c4ccccc4)SN(C(C)(C)C)C3)CC2)nn1. The molecule has 0 bridgehead atoms. The molecule has 30 heavy (non-hydrogen) atoms. The van der Waals surface area contributed by atoms with Crippen LogP contribution in [-0.2, 0) is 0 Å². The van der Waals surface area contributed by atoms with Crippen LogP contribution in [0.2, 0.25) is 0 Å². The van der Waals surface area contributed by atoms with E-state index in [0.29, 0.717) is 11.9 Å². The van der Waals surface area contributed by atoms with E-state index in [0.717, 1.165) is 38.3 Å². The number of hydrogen-bond acceptors (Lipinski definition) is 7. The van der Waals surface area contributed by atoms with Gasteiger partial charge in [-0.15, -0.1) is 10.2 Å². The molecule has 7 heteroatoms. The maximum atomic E-state index is 5.11. The van der Waals surface area contributed by atoms with Crippen LogP contribution >= 0.6 is 11.9 Å². The summed E-state index contributed by atoms with van der Waals surface area (Å²) >= 11 is 1.88. The Labute approximate surface area is 183 Å². The Kier molecular flexibility index (Phi) is 6.20. The minimum atomic E-state index is 0.116. The van der Waals surface area contributed by atoms with E-state index in [1.807, 2.05) is 24.1 Å². The third-order valence-corrected chi connectivity index (χ3v) is 7.16. The largest absolute Gasteiger partial charge is 0.480 e. The van der Waals surface area contributed by atoms with Gasteiger partial charge in [-0.3, -0.25) is 0 Å². The highest BCUT2D eigenvalue weighted by molar-refractivity contribution is 8.06. The van der Waals surface area contributed by atoms with Crippen molar-refractivity contribution < 1.29 is 4.74 Å². The second-order valence-corrected chi connectivity index (χ2v) is 9.84. The molecule has 1 saturated heterocycles. The van der Waals surface area contributed by atoms with E-state index in [2.05, 4.69) is 75.8 Å². The highest BCUT2D eigenvalue weighted by atomic mass is 32.2. The number of nitrogens with one attached hydrogen (secondary N) is 1. The van der Waals surface area contributed by atoms with Gasteiger partial charge in [-0.2, -0.15) is 0 Å². The molecule has 1 fully saturated rings. The summed E-state index contributed by atoms with van der Waals surface area (Å²) in [6.07, 6.45) is 2.17. The first-order valence-corrected chi connectivity index (χ1v) is 11.3. The zero-order valence-electron chi connectivity index (χ0n) is 18.3. The van der Waals surface area contributed by atoms with Crippen LogP contribution in [-0.4, -0.2) is 52.8 Å². The van der Waals surface area contributed by atoms with Crippen molar-refractivity contribution in [2.45, 2.75) is 45.2 Å². The normalized spacial score (nSPS) is 18.7. The van der Waals surface area contributed by atoms with Crippen LogP contribution in [0, 0.1) is 0 Å². The first-order valence-electron chi connectivity index (χ1n) is 10.6. The Morgan fingerprint density at radius 1 is 1.03 bits per heavy atom. The minimum Gasteiger partial charge on any atom is -0.480 e. The van der Waals surface area contributed by atoms with Crippen LogP contribution < -0.4 is 15.0 Å². The molecule has 2 aromatic rings. The fourth-order valence-corrected chi connectivity index (χ4v) is 4.97. The molecule has 0 saturated carbocycles. The quantitative estimate of drug-likeness (QED) is 0.722. The lowest BCUT2D eigenvalue weighted by Crippen LogP contribution is -2.44. The van der Waals surface area contributed by atoms with Gasteiger partial charge in [0.2, 0.25) is 5.88 Å². The van der Waals surface area contributed by atoms with Crippen LogP contribution in [0.15, 0.2) is 48.2 Å². The van der Waals surface area contributed by atoms with Crippen molar-refractivity contribution in [1.82, 2.24) is 19.8 Å². The fraction of sp³-hybridized carbons (Fsp3) is 0.478. The minimum absolute atomic E-state index is 0.116. The molecule has 2 aliphatic rings. The summed E-state index contributed by atoms with van der Waals surface area (Å²) in [7, 11) is 1.61. The third kappa shape index (κ3) is 4.73. The van der Waals surface area contributed by atoms with Gasteiger partial charge in [-0.05, 0) is 57.2 Å². The predicted molar refractivity (Wildman–Crippen MR) is 124 cm³/mol. The van der Waals surface area contributed by atoms with Crippen LogP contribution in [0.4, 0.5) is 5.82 Å². The number of piperidine rings is 1. The molecule has 3 heterocycles. The first-order chi connectivity index (χ1) is 14.4. The van der Waals surface area contributed by atoms with E-state index in [-0.39, 0.29) is 5.54 Å². The van der Waals surface area contributed by atoms with Crippen LogP contribution in [0.5, 0.6) is 5.88 Å². The molecule has 1 N–H and O–H groups in total. The Hall–Kier alpha value is -2.25. The van der Waals surface area contributed by atoms with Crippen LogP contribution in [0.3, 0.4) is 0 Å². The first kappa shape index (κ1) is 21.0. The molecule has 0 aliphatic carbocycles. The van der Waals surface area contributed by atoms with Crippen molar-refractivity contribution in [3.05, 3.63) is 53.7 Å². The number of benzene rings is 1. The molecular formula is C23H31N5OS. The molecule has 2 aliphatic heterocycles. The molecule has 4 rings (SSSR count). The average Bonchev–Trinajstić information content (AvgIpc) is 3.19. The topological polar surface area (TPSA) is 53.5 Å². The van der Waals surface area contributed by atoms with Crippen molar-refractivity contribution >= 4 is 22.7 Å². The highest BCUT2D eigenvalue weighted by Crippen LogP contribution is 2.43. The standard InChI is InChI=1S/C23H31N5OS/c1-23(2,3)28-16-19(22(30-28)17-8-6-5-7-9-17)24-18-12-14-27(15-13-18)20-10-11-21(29-4)26-25-20/h5-11,18,24H,12-16H2,1-4H3. The maximum Gasteiger partial charge on any atom is 0.233 e. The van der Waals surface area contributed by atoms with E-state index in [1.165, 1.54) is 16.2 Å². The van der Waals surface area contributed by atoms with E-state index in [4.69, 9.17) is 4.74 Å². The van der Waals surface area contributed by atoms with E-state index in [9.17, 15) is 0 Å². The lowest BCUT2D eigenvalue weighted by molar-refractivity contribution is 0.290. The van der Waals surface area contributed by atoms with Gasteiger partial charge in [0.15, 0.2) is 5.82 Å². The summed E-state index contributed by atoms with van der Waals surface area (Å²) in [6.45, 7) is 9.73. The molecule has 160 valence electrons. The molecule has 0 amide bonds. The van der Waals surface area contributed by atoms with Crippen LogP contribution in [0.25, 0.3) is 4.91 Å². The zero-order chi connectivity index (χ0) is 21.1. The number of rotatable bonds is 5. The monoisotopic (exact) mass is 425 g/mol. The molecule has 0 spiro atoms. The third-order valence-electron chi connectivity index (χ3n) is 5.59. The van der Waals surface area contributed by atoms with Crippen molar-refractivity contribution in [1.29, 1.82) is 0 Å². The summed E-state index contributed by atoms with van der Waals surface area (Å²) < 4.78 is 7.59. The summed E-state index contributed by atoms with van der Waals surface area (Å²) in [6, 6.07) is 15.1. The molecule has 0 unspecified atom stereocenters. The smallest absolute Gasteiger partial charge is 0.233 e. The van der Waals surface area contributed by atoms with Gasteiger partial charge in [-0.25, -0.2) is 4.31 Å². The highest BCUT2D eigenvalue weighted by Gasteiger charge is 2.33. The van der Waals surface area contributed by atoms with Gasteiger partial charge < -0.3 is 15.0 Å². The number of methoxy groups -OCH3 is 1. The number of aromatic nitrogens is 2. The predicted octanol–water partition coefficient (Wildman–Crippen LogP) is 4.17. The molecule has 0 atom stereocenters. The summed E-state index contributed by atoms with van der Waals surface area (Å²) in [4.78, 5) is 3.66. The van der Waals surface area contributed by atoms with Gasteiger partial charge in [-0.1, -0.05) is 30.3 Å². The number of nitrogens with zero attached hydrogens (tertiary/aromatic N) is 4. The molecule has 1 aromatic heterocycles.